The van der Waals surface area contributed by atoms with Gasteiger partial charge in [-0.2, -0.15) is 0 Å². The summed E-state index contributed by atoms with van der Waals surface area (Å²) in [6.45, 7) is 5.88. The number of ether oxygens (including phenoxy) is 1. The van der Waals surface area contributed by atoms with E-state index in [1.165, 1.54) is 7.11 Å². The first-order valence-corrected chi connectivity index (χ1v) is 8.46. The molecule has 0 saturated heterocycles. The quantitative estimate of drug-likeness (QED) is 0.631. The molecule has 2 aromatic heterocycles. The molecule has 3 aromatic rings. The molecule has 2 heterocycles. The maximum atomic E-state index is 11.6. The van der Waals surface area contributed by atoms with Gasteiger partial charge in [0, 0.05) is 17.1 Å². The van der Waals surface area contributed by atoms with E-state index in [0.717, 1.165) is 32.1 Å². The first kappa shape index (κ1) is 16.6. The van der Waals surface area contributed by atoms with Crippen LogP contribution in [0.15, 0.2) is 36.9 Å². The second-order valence-corrected chi connectivity index (χ2v) is 6.86. The van der Waals surface area contributed by atoms with Crippen LogP contribution >= 0.6 is 22.9 Å². The Morgan fingerprint density at radius 1 is 1.33 bits per heavy atom. The highest BCUT2D eigenvalue weighted by Gasteiger charge is 2.13. The van der Waals surface area contributed by atoms with Gasteiger partial charge in [-0.05, 0) is 42.3 Å². The Labute approximate surface area is 148 Å². The molecule has 0 aliphatic carbocycles. The summed E-state index contributed by atoms with van der Waals surface area (Å²) >= 11 is 7.81. The van der Waals surface area contributed by atoms with E-state index in [2.05, 4.69) is 16.5 Å². The maximum Gasteiger partial charge on any atom is 0.356 e. The van der Waals surface area contributed by atoms with Crippen molar-refractivity contribution in [3.8, 4) is 0 Å². The number of nitrogens with zero attached hydrogens (tertiary/aromatic N) is 2. The first-order chi connectivity index (χ1) is 11.5. The van der Waals surface area contributed by atoms with E-state index in [0.29, 0.717) is 11.4 Å². The van der Waals surface area contributed by atoms with Gasteiger partial charge in [0.25, 0.3) is 0 Å². The third-order valence-corrected chi connectivity index (χ3v) is 4.86. The second-order valence-electron chi connectivity index (χ2n) is 5.39. The van der Waals surface area contributed by atoms with E-state index in [4.69, 9.17) is 16.3 Å². The molecule has 122 valence electrons. The zero-order valence-corrected chi connectivity index (χ0v) is 14.9. The lowest BCUT2D eigenvalue weighted by atomic mass is 10.1. The Morgan fingerprint density at radius 3 is 2.83 bits per heavy atom. The first-order valence-electron chi connectivity index (χ1n) is 7.27. The molecule has 0 saturated carbocycles. The van der Waals surface area contributed by atoms with Crippen molar-refractivity contribution in [2.75, 3.05) is 7.11 Å². The van der Waals surface area contributed by atoms with Crippen molar-refractivity contribution in [2.45, 2.75) is 13.3 Å². The predicted molar refractivity (Wildman–Crippen MR) is 97.7 cm³/mol. The van der Waals surface area contributed by atoms with Crippen LogP contribution in [0.4, 0.5) is 0 Å². The number of carbonyl (C=O) groups excluding carboxylic acids is 1. The van der Waals surface area contributed by atoms with Crippen molar-refractivity contribution in [3.63, 3.8) is 0 Å². The summed E-state index contributed by atoms with van der Waals surface area (Å²) in [6.07, 6.45) is 0.529. The van der Waals surface area contributed by atoms with Crippen LogP contribution in [-0.2, 0) is 11.2 Å². The summed E-state index contributed by atoms with van der Waals surface area (Å²) in [4.78, 5) is 20.7. The summed E-state index contributed by atoms with van der Waals surface area (Å²) in [5.41, 5.74) is 3.83. The highest BCUT2D eigenvalue weighted by molar-refractivity contribution is 7.19. The number of carbonyl (C=O) groups is 1. The van der Waals surface area contributed by atoms with Gasteiger partial charge in [0.1, 0.15) is 10.7 Å². The minimum absolute atomic E-state index is 0.286. The number of rotatable bonds is 4. The number of benzene rings is 1. The standard InChI is InChI=1S/C18H15ClN2O2S/c1-10(2)17-21-16-11(7-12(19)9-15(16)24-17)8-13-5-4-6-14(20-13)18(22)23-3/h4-7,9H,1,8H2,2-3H3. The molecule has 0 bridgehead atoms. The third kappa shape index (κ3) is 3.32. The second kappa shape index (κ2) is 6.71. The molecule has 0 aliphatic heterocycles. The number of methoxy groups -OCH3 is 1. The molecule has 0 spiro atoms. The average molecular weight is 359 g/mol. The Hall–Kier alpha value is -2.24. The average Bonchev–Trinajstić information content (AvgIpc) is 2.98. The van der Waals surface area contributed by atoms with E-state index in [1.54, 1.807) is 23.5 Å². The molecule has 0 amide bonds. The van der Waals surface area contributed by atoms with Crippen LogP contribution in [0, 0.1) is 0 Å². The van der Waals surface area contributed by atoms with Crippen LogP contribution in [0.1, 0.15) is 33.7 Å². The molecule has 6 heteroatoms. The number of thiazole rings is 1. The van der Waals surface area contributed by atoms with Crippen molar-refractivity contribution in [2.24, 2.45) is 0 Å². The summed E-state index contributed by atoms with van der Waals surface area (Å²) in [5, 5.41) is 1.54. The normalized spacial score (nSPS) is 10.8. The largest absolute Gasteiger partial charge is 0.464 e. The van der Waals surface area contributed by atoms with E-state index in [-0.39, 0.29) is 5.69 Å². The number of hydrogen-bond acceptors (Lipinski definition) is 5. The Kier molecular flexibility index (Phi) is 4.64. The van der Waals surface area contributed by atoms with Crippen LogP contribution < -0.4 is 0 Å². The molecular weight excluding hydrogens is 344 g/mol. The van der Waals surface area contributed by atoms with Crippen LogP contribution in [0.2, 0.25) is 5.02 Å². The summed E-state index contributed by atoms with van der Waals surface area (Å²) in [5.74, 6) is -0.452. The van der Waals surface area contributed by atoms with Gasteiger partial charge in [-0.1, -0.05) is 24.2 Å². The van der Waals surface area contributed by atoms with E-state index >= 15 is 0 Å². The molecule has 0 radical (unpaired) electrons. The van der Waals surface area contributed by atoms with Crippen molar-refractivity contribution in [3.05, 3.63) is 63.9 Å². The van der Waals surface area contributed by atoms with Gasteiger partial charge < -0.3 is 4.74 Å². The van der Waals surface area contributed by atoms with E-state index < -0.39 is 5.97 Å². The minimum Gasteiger partial charge on any atom is -0.464 e. The zero-order valence-electron chi connectivity index (χ0n) is 13.3. The summed E-state index contributed by atoms with van der Waals surface area (Å²) in [7, 11) is 1.34. The van der Waals surface area contributed by atoms with Gasteiger partial charge in [0.15, 0.2) is 0 Å². The van der Waals surface area contributed by atoms with Crippen LogP contribution in [0.5, 0.6) is 0 Å². The highest BCUT2D eigenvalue weighted by atomic mass is 35.5. The zero-order chi connectivity index (χ0) is 17.3. The third-order valence-electron chi connectivity index (χ3n) is 3.48. The molecule has 0 fully saturated rings. The lowest BCUT2D eigenvalue weighted by Gasteiger charge is -2.05. The van der Waals surface area contributed by atoms with Gasteiger partial charge in [-0.15, -0.1) is 11.3 Å². The molecular formula is C18H15ClN2O2S. The minimum atomic E-state index is -0.452. The number of hydrogen-bond donors (Lipinski definition) is 0. The van der Waals surface area contributed by atoms with E-state index in [9.17, 15) is 4.79 Å². The van der Waals surface area contributed by atoms with Gasteiger partial charge in [-0.3, -0.25) is 0 Å². The SMILES string of the molecule is C=C(C)c1nc2c(Cc3cccc(C(=O)OC)n3)cc(Cl)cc2s1. The number of esters is 1. The molecule has 4 nitrogen and oxygen atoms in total. The van der Waals surface area contributed by atoms with Crippen molar-refractivity contribution < 1.29 is 9.53 Å². The maximum absolute atomic E-state index is 11.6. The Morgan fingerprint density at radius 2 is 2.12 bits per heavy atom. The molecule has 0 unspecified atom stereocenters. The fourth-order valence-corrected chi connectivity index (χ4v) is 3.65. The number of pyridine rings is 1. The summed E-state index contributed by atoms with van der Waals surface area (Å²) < 4.78 is 5.73. The molecule has 3 rings (SSSR count). The van der Waals surface area contributed by atoms with Gasteiger partial charge in [0.05, 0.1) is 17.3 Å². The van der Waals surface area contributed by atoms with Crippen LogP contribution in [0.3, 0.4) is 0 Å². The topological polar surface area (TPSA) is 52.1 Å². The number of aromatic nitrogens is 2. The van der Waals surface area contributed by atoms with Crippen molar-refractivity contribution >= 4 is 44.7 Å². The molecule has 0 N–H and O–H groups in total. The molecule has 1 aromatic carbocycles. The van der Waals surface area contributed by atoms with Gasteiger partial charge >= 0.3 is 5.97 Å². The fraction of sp³-hybridized carbons (Fsp3) is 0.167. The number of allylic oxidation sites excluding steroid dienone is 1. The van der Waals surface area contributed by atoms with Gasteiger partial charge in [0.2, 0.25) is 0 Å². The van der Waals surface area contributed by atoms with Crippen LogP contribution in [0.25, 0.3) is 15.8 Å². The Bertz CT molecular complexity index is 949. The Balaban J connectivity index is 2.03. The number of fused-ring (bicyclic) bond motifs is 1. The monoisotopic (exact) mass is 358 g/mol. The molecule has 0 atom stereocenters. The van der Waals surface area contributed by atoms with Gasteiger partial charge in [-0.25, -0.2) is 14.8 Å². The van der Waals surface area contributed by atoms with Crippen LogP contribution in [-0.4, -0.2) is 23.0 Å². The molecule has 0 aliphatic rings. The fourth-order valence-electron chi connectivity index (χ4n) is 2.37. The van der Waals surface area contributed by atoms with E-state index in [1.807, 2.05) is 25.1 Å². The van der Waals surface area contributed by atoms with Crippen molar-refractivity contribution in [1.29, 1.82) is 0 Å². The smallest absolute Gasteiger partial charge is 0.356 e. The van der Waals surface area contributed by atoms with Crippen molar-refractivity contribution in [1.82, 2.24) is 9.97 Å². The predicted octanol–water partition coefficient (Wildman–Crippen LogP) is 4.76. The number of halogens is 1. The lowest BCUT2D eigenvalue weighted by molar-refractivity contribution is 0.0593. The summed E-state index contributed by atoms with van der Waals surface area (Å²) in [6, 6.07) is 9.08. The molecule has 24 heavy (non-hydrogen) atoms. The lowest BCUT2D eigenvalue weighted by Crippen LogP contribution is -2.06. The highest BCUT2D eigenvalue weighted by Crippen LogP contribution is 2.32.